The van der Waals surface area contributed by atoms with Gasteiger partial charge in [-0.3, -0.25) is 10.1 Å². The maximum Gasteiger partial charge on any atom is 0.310 e. The van der Waals surface area contributed by atoms with Crippen molar-refractivity contribution in [1.82, 2.24) is 0 Å². The molecule has 1 aromatic carbocycles. The lowest BCUT2D eigenvalue weighted by molar-refractivity contribution is -0.385. The second-order valence-corrected chi connectivity index (χ2v) is 2.76. The summed E-state index contributed by atoms with van der Waals surface area (Å²) in [6.45, 7) is -0.00273. The SMILES string of the molecule is NC[C@H](O)c1ccc([N+](=O)[O-])c(O)c1. The Kier molecular flexibility index (Phi) is 3.00. The van der Waals surface area contributed by atoms with Gasteiger partial charge in [0.25, 0.3) is 0 Å². The molecule has 1 aromatic rings. The fourth-order valence-electron chi connectivity index (χ4n) is 1.04. The Hall–Kier alpha value is -1.66. The van der Waals surface area contributed by atoms with Gasteiger partial charge in [0.2, 0.25) is 0 Å². The highest BCUT2D eigenvalue weighted by atomic mass is 16.6. The Morgan fingerprint density at radius 3 is 2.64 bits per heavy atom. The smallest absolute Gasteiger partial charge is 0.310 e. The first-order chi connectivity index (χ1) is 6.56. The lowest BCUT2D eigenvalue weighted by Crippen LogP contribution is -2.11. The van der Waals surface area contributed by atoms with E-state index < -0.39 is 22.5 Å². The number of phenolic OH excluding ortho intramolecular Hbond substituents is 1. The minimum atomic E-state index is -0.915. The molecule has 0 saturated carbocycles. The second-order valence-electron chi connectivity index (χ2n) is 2.76. The van der Waals surface area contributed by atoms with Crippen LogP contribution in [-0.2, 0) is 0 Å². The van der Waals surface area contributed by atoms with E-state index in [1.165, 1.54) is 6.07 Å². The average molecular weight is 198 g/mol. The Labute approximate surface area is 79.7 Å². The number of nitrogens with zero attached hydrogens (tertiary/aromatic N) is 1. The van der Waals surface area contributed by atoms with Gasteiger partial charge in [-0.2, -0.15) is 0 Å². The van der Waals surface area contributed by atoms with Crippen LogP contribution in [0.4, 0.5) is 5.69 Å². The molecule has 0 aromatic heterocycles. The first kappa shape index (κ1) is 10.4. The van der Waals surface area contributed by atoms with Gasteiger partial charge in [-0.25, -0.2) is 0 Å². The van der Waals surface area contributed by atoms with E-state index in [0.717, 1.165) is 12.1 Å². The average Bonchev–Trinajstić information content (AvgIpc) is 2.15. The van der Waals surface area contributed by atoms with Crippen LogP contribution in [-0.4, -0.2) is 21.7 Å². The number of aliphatic hydroxyl groups excluding tert-OH is 1. The molecule has 76 valence electrons. The number of hydrogen-bond donors (Lipinski definition) is 3. The molecule has 0 aliphatic carbocycles. The Morgan fingerprint density at radius 1 is 1.57 bits per heavy atom. The van der Waals surface area contributed by atoms with Crippen LogP contribution in [0.25, 0.3) is 0 Å². The molecule has 0 heterocycles. The van der Waals surface area contributed by atoms with E-state index in [4.69, 9.17) is 5.73 Å². The number of hydrogen-bond acceptors (Lipinski definition) is 5. The van der Waals surface area contributed by atoms with Crippen molar-refractivity contribution in [3.05, 3.63) is 33.9 Å². The summed E-state index contributed by atoms with van der Waals surface area (Å²) < 4.78 is 0. The molecule has 0 bridgehead atoms. The van der Waals surface area contributed by atoms with Crippen LogP contribution in [0, 0.1) is 10.1 Å². The zero-order chi connectivity index (χ0) is 10.7. The van der Waals surface area contributed by atoms with Crippen LogP contribution in [0.2, 0.25) is 0 Å². The van der Waals surface area contributed by atoms with Gasteiger partial charge >= 0.3 is 5.69 Å². The Bertz CT molecular complexity index is 353. The van der Waals surface area contributed by atoms with E-state index in [0.29, 0.717) is 5.56 Å². The van der Waals surface area contributed by atoms with Gasteiger partial charge in [0.1, 0.15) is 0 Å². The van der Waals surface area contributed by atoms with E-state index in [9.17, 15) is 20.3 Å². The summed E-state index contributed by atoms with van der Waals surface area (Å²) in [7, 11) is 0. The summed E-state index contributed by atoms with van der Waals surface area (Å²) in [5, 5.41) is 28.8. The molecule has 14 heavy (non-hydrogen) atoms. The molecular formula is C8H10N2O4. The van der Waals surface area contributed by atoms with Crippen molar-refractivity contribution in [3.8, 4) is 5.75 Å². The molecule has 0 unspecified atom stereocenters. The summed E-state index contributed by atoms with van der Waals surface area (Å²) in [6.07, 6.45) is -0.915. The van der Waals surface area contributed by atoms with Gasteiger partial charge in [-0.15, -0.1) is 0 Å². The third-order valence-electron chi connectivity index (χ3n) is 1.80. The highest BCUT2D eigenvalue weighted by molar-refractivity contribution is 5.47. The van der Waals surface area contributed by atoms with Crippen molar-refractivity contribution in [2.24, 2.45) is 5.73 Å². The molecule has 0 fully saturated rings. The van der Waals surface area contributed by atoms with E-state index in [1.54, 1.807) is 0 Å². The van der Waals surface area contributed by atoms with E-state index >= 15 is 0 Å². The van der Waals surface area contributed by atoms with E-state index in [-0.39, 0.29) is 6.54 Å². The molecule has 1 rings (SSSR count). The first-order valence-corrected chi connectivity index (χ1v) is 3.91. The normalized spacial score (nSPS) is 12.4. The van der Waals surface area contributed by atoms with Crippen molar-refractivity contribution >= 4 is 5.69 Å². The minimum Gasteiger partial charge on any atom is -0.502 e. The fraction of sp³-hybridized carbons (Fsp3) is 0.250. The number of benzene rings is 1. The van der Waals surface area contributed by atoms with Gasteiger partial charge in [-0.1, -0.05) is 0 Å². The van der Waals surface area contributed by atoms with Gasteiger partial charge in [0, 0.05) is 12.6 Å². The summed E-state index contributed by atoms with van der Waals surface area (Å²) in [5.41, 5.74) is 5.15. The standard InChI is InChI=1S/C8H10N2O4/c9-4-8(12)5-1-2-6(10(13)14)7(11)3-5/h1-3,8,11-12H,4,9H2/t8-/m0/s1. The van der Waals surface area contributed by atoms with Crippen molar-refractivity contribution in [2.45, 2.75) is 6.10 Å². The van der Waals surface area contributed by atoms with Gasteiger partial charge in [0.05, 0.1) is 11.0 Å². The monoisotopic (exact) mass is 198 g/mol. The summed E-state index contributed by atoms with van der Waals surface area (Å²) in [4.78, 5) is 9.63. The zero-order valence-corrected chi connectivity index (χ0v) is 7.25. The third kappa shape index (κ3) is 1.98. The van der Waals surface area contributed by atoms with Crippen LogP contribution in [0.15, 0.2) is 18.2 Å². The fourth-order valence-corrected chi connectivity index (χ4v) is 1.04. The molecule has 1 atom stereocenters. The van der Waals surface area contributed by atoms with E-state index in [2.05, 4.69) is 0 Å². The lowest BCUT2D eigenvalue weighted by Gasteiger charge is -2.07. The molecule has 0 aliphatic rings. The van der Waals surface area contributed by atoms with Crippen molar-refractivity contribution in [3.63, 3.8) is 0 Å². The largest absolute Gasteiger partial charge is 0.502 e. The van der Waals surface area contributed by atoms with Crippen LogP contribution < -0.4 is 5.73 Å². The third-order valence-corrected chi connectivity index (χ3v) is 1.80. The predicted octanol–water partition coefficient (Wildman–Crippen LogP) is 0.292. The Morgan fingerprint density at radius 2 is 2.21 bits per heavy atom. The predicted molar refractivity (Wildman–Crippen MR) is 48.8 cm³/mol. The second kappa shape index (κ2) is 4.03. The minimum absolute atomic E-state index is 0.00273. The molecule has 6 heteroatoms. The number of nitro groups is 1. The van der Waals surface area contributed by atoms with Gasteiger partial charge in [-0.05, 0) is 17.7 Å². The topological polar surface area (TPSA) is 110 Å². The van der Waals surface area contributed by atoms with Crippen molar-refractivity contribution < 1.29 is 15.1 Å². The Balaban J connectivity index is 3.06. The first-order valence-electron chi connectivity index (χ1n) is 3.91. The molecule has 0 amide bonds. The van der Waals surface area contributed by atoms with Crippen LogP contribution in [0.5, 0.6) is 5.75 Å². The summed E-state index contributed by atoms with van der Waals surface area (Å²) in [5.74, 6) is -0.472. The summed E-state index contributed by atoms with van der Waals surface area (Å²) >= 11 is 0. The van der Waals surface area contributed by atoms with Crippen molar-refractivity contribution in [1.29, 1.82) is 0 Å². The van der Waals surface area contributed by atoms with Crippen LogP contribution in [0.3, 0.4) is 0 Å². The number of nitro benzene ring substituents is 1. The zero-order valence-electron chi connectivity index (χ0n) is 7.25. The van der Waals surface area contributed by atoms with Gasteiger partial charge < -0.3 is 15.9 Å². The van der Waals surface area contributed by atoms with Crippen LogP contribution >= 0.6 is 0 Å². The number of nitrogens with two attached hydrogens (primary N) is 1. The summed E-state index contributed by atoms with van der Waals surface area (Å²) in [6, 6.07) is 3.62. The van der Waals surface area contributed by atoms with Gasteiger partial charge in [0.15, 0.2) is 5.75 Å². The number of aliphatic hydroxyl groups is 1. The van der Waals surface area contributed by atoms with E-state index in [1.807, 2.05) is 0 Å². The number of rotatable bonds is 3. The molecule has 0 aliphatic heterocycles. The highest BCUT2D eigenvalue weighted by Gasteiger charge is 2.15. The quantitative estimate of drug-likeness (QED) is 0.477. The lowest BCUT2D eigenvalue weighted by atomic mass is 10.1. The maximum atomic E-state index is 10.3. The molecular weight excluding hydrogens is 188 g/mol. The molecule has 6 nitrogen and oxygen atoms in total. The highest BCUT2D eigenvalue weighted by Crippen LogP contribution is 2.28. The molecule has 0 saturated heterocycles. The molecule has 0 radical (unpaired) electrons. The number of aromatic hydroxyl groups is 1. The number of phenols is 1. The molecule has 0 spiro atoms. The van der Waals surface area contributed by atoms with Crippen molar-refractivity contribution in [2.75, 3.05) is 6.54 Å². The van der Waals surface area contributed by atoms with Crippen LogP contribution in [0.1, 0.15) is 11.7 Å². The maximum absolute atomic E-state index is 10.3. The molecule has 4 N–H and O–H groups in total.